The fourth-order valence-corrected chi connectivity index (χ4v) is 12.0. The molecule has 0 unspecified atom stereocenters. The maximum absolute atomic E-state index is 5.73. The summed E-state index contributed by atoms with van der Waals surface area (Å²) in [5.41, 5.74) is 6.64. The Hall–Kier alpha value is -3.62. The minimum absolute atomic E-state index is 0.341. The van der Waals surface area contributed by atoms with Crippen molar-refractivity contribution in [2.24, 2.45) is 0 Å². The molecule has 6 aromatic carbocycles. The van der Waals surface area contributed by atoms with E-state index in [-0.39, 0.29) is 0 Å². The number of para-hydroxylation sites is 8. The van der Waals surface area contributed by atoms with Gasteiger partial charge in [0.05, 0.1) is 5.69 Å². The van der Waals surface area contributed by atoms with Gasteiger partial charge in [-0.2, -0.15) is 0 Å². The van der Waals surface area contributed by atoms with Gasteiger partial charge in [-0.05, 0) is 48.5 Å². The molecular weight excluding hydrogens is 946 g/mol. The van der Waals surface area contributed by atoms with Gasteiger partial charge in [-0.1, -0.05) is 72.8 Å². The minimum atomic E-state index is -5.07. The molecule has 2 aromatic heterocycles. The van der Waals surface area contributed by atoms with E-state index in [9.17, 15) is 0 Å². The van der Waals surface area contributed by atoms with Gasteiger partial charge in [0.25, 0.3) is 0 Å². The fraction of sp³-hybridized carbons (Fsp3) is 0. The van der Waals surface area contributed by atoms with E-state index < -0.39 is 7.62 Å². The van der Waals surface area contributed by atoms with Crippen LogP contribution in [-0.4, -0.2) is 9.13 Å². The largest absolute Gasteiger partial charge is 0.428 e. The number of benzene rings is 6. The second-order valence-electron chi connectivity index (χ2n) is 13.0. The zero-order chi connectivity index (χ0) is 40.9. The molecule has 2 aliphatic heterocycles. The van der Waals surface area contributed by atoms with Gasteiger partial charge in [0.15, 0.2) is 17.1 Å². The standard InChI is InChI=1S/C28H22N4.2C6H4Cl4O2P/c1-5-13-23(14-6-1)29-21-30(24-15-7-2-8-16-24)28-27(29)31(25-17-9-3-10-18-25)22-32(28)26-19-11-4-12-20-26;2*7-13(8,9,10)11-5-3-1-2-4-6(5)12-13/h1-22H;2*1-4H/q+2;2*-1. The second-order valence-corrected chi connectivity index (χ2v) is 42.8. The van der Waals surface area contributed by atoms with E-state index in [4.69, 9.17) is 108 Å². The van der Waals surface area contributed by atoms with Gasteiger partial charge in [-0.15, -0.1) is 13.7 Å². The molecule has 2 aliphatic rings. The third-order valence-electron chi connectivity index (χ3n) is 8.50. The summed E-state index contributed by atoms with van der Waals surface area (Å²) in [6.07, 6.45) is 4.35. The van der Waals surface area contributed by atoms with E-state index in [1.807, 2.05) is 0 Å². The van der Waals surface area contributed by atoms with Crippen molar-refractivity contribution in [3.8, 4) is 45.7 Å². The Bertz CT molecular complexity index is 2440. The molecule has 4 heterocycles. The molecule has 0 radical (unpaired) electrons. The topological polar surface area (TPSA) is 54.5 Å². The first-order chi connectivity index (χ1) is 27.3. The van der Waals surface area contributed by atoms with Crippen LogP contribution < -0.4 is 27.2 Å². The molecule has 0 bridgehead atoms. The van der Waals surface area contributed by atoms with E-state index in [2.05, 4.69) is 152 Å². The molecule has 0 spiro atoms. The second kappa shape index (κ2) is 14.0. The molecule has 0 saturated carbocycles. The van der Waals surface area contributed by atoms with Crippen LogP contribution in [0.25, 0.3) is 34.0 Å². The predicted octanol–water partition coefficient (Wildman–Crippen LogP) is 15.0. The van der Waals surface area contributed by atoms with Crippen molar-refractivity contribution in [1.29, 1.82) is 0 Å². The van der Waals surface area contributed by atoms with Crippen molar-refractivity contribution in [2.45, 2.75) is 0 Å². The number of fused-ring (bicyclic) bond motifs is 3. The molecule has 18 heteroatoms. The Balaban J connectivity index is 0.000000148. The minimum Gasteiger partial charge on any atom is -0.227 e. The summed E-state index contributed by atoms with van der Waals surface area (Å²) in [6, 6.07) is 55.3. The van der Waals surface area contributed by atoms with Gasteiger partial charge in [0.1, 0.15) is 0 Å². The maximum Gasteiger partial charge on any atom is 0.428 e. The van der Waals surface area contributed by atoms with Crippen LogP contribution in [0.3, 0.4) is 0 Å². The van der Waals surface area contributed by atoms with E-state index in [1.54, 1.807) is 48.5 Å². The van der Waals surface area contributed by atoms with Crippen molar-refractivity contribution >= 4 is 109 Å². The van der Waals surface area contributed by atoms with Crippen molar-refractivity contribution in [3.05, 3.63) is 183 Å². The third kappa shape index (κ3) is 9.23. The molecule has 10 rings (SSSR count). The molecule has 58 heavy (non-hydrogen) atoms. The third-order valence-corrected chi connectivity index (χ3v) is 14.0. The summed E-state index contributed by atoms with van der Waals surface area (Å²) in [5, 5.41) is 0. The predicted molar refractivity (Wildman–Crippen MR) is 242 cm³/mol. The Kier molecular flexibility index (Phi) is 9.91. The molecule has 0 fully saturated rings. The first kappa shape index (κ1) is 41.1. The number of rotatable bonds is 4. The zero-order valence-electron chi connectivity index (χ0n) is 29.7. The fourth-order valence-electron chi connectivity index (χ4n) is 6.22. The molecule has 0 N–H and O–H groups in total. The first-order valence-corrected chi connectivity index (χ1v) is 29.5. The van der Waals surface area contributed by atoms with E-state index >= 15 is 0 Å². The Labute approximate surface area is 370 Å². The van der Waals surface area contributed by atoms with E-state index in [0.29, 0.717) is 23.0 Å². The van der Waals surface area contributed by atoms with E-state index in [0.717, 1.165) is 34.0 Å². The summed E-state index contributed by atoms with van der Waals surface area (Å²) in [7, 11) is 0. The summed E-state index contributed by atoms with van der Waals surface area (Å²) in [4.78, 5) is 0. The molecular formula is C40H30Cl8N4O4P2. The Morgan fingerprint density at radius 3 is 0.897 bits per heavy atom. The van der Waals surface area contributed by atoms with Gasteiger partial charge in [-0.25, -0.2) is 4.57 Å². The normalized spacial score (nSPS) is 19.9. The number of aromatic nitrogens is 4. The van der Waals surface area contributed by atoms with Crippen LogP contribution in [0.1, 0.15) is 0 Å². The average molecular weight is 976 g/mol. The molecule has 300 valence electrons. The molecule has 8 nitrogen and oxygen atoms in total. The number of hydrogen-bond acceptors (Lipinski definition) is 4. The van der Waals surface area contributed by atoms with Crippen LogP contribution in [0, 0.1) is 0 Å². The van der Waals surface area contributed by atoms with Crippen LogP contribution in [0.2, 0.25) is 0 Å². The van der Waals surface area contributed by atoms with Crippen LogP contribution in [-0.2, 0) is 0 Å². The quantitative estimate of drug-likeness (QED) is 0.130. The van der Waals surface area contributed by atoms with Crippen molar-refractivity contribution in [1.82, 2.24) is 9.13 Å². The SMILES string of the molecule is Cl[P-]1(Cl)(Cl)(Cl)Oc2ccccc2O1.Cl[P-]1(Cl)(Cl)(Cl)Oc2ccccc2O1.c1ccc(-n2c[n+](-c3ccccc3)c3c2n(-c2ccccc2)c[n+]3-c2ccccc2)cc1. The summed E-state index contributed by atoms with van der Waals surface area (Å²) < 4.78 is 19.1. The zero-order valence-corrected chi connectivity index (χ0v) is 37.5. The molecule has 0 amide bonds. The molecule has 0 saturated heterocycles. The van der Waals surface area contributed by atoms with Crippen molar-refractivity contribution in [2.75, 3.05) is 0 Å². The number of hydrogen-bond donors (Lipinski definition) is 0. The van der Waals surface area contributed by atoms with Crippen LogP contribution in [0.5, 0.6) is 23.0 Å². The van der Waals surface area contributed by atoms with Gasteiger partial charge in [0, 0.05) is 0 Å². The number of nitrogens with zero attached hydrogens (tertiary/aromatic N) is 4. The van der Waals surface area contributed by atoms with Gasteiger partial charge in [-0.3, -0.25) is 0 Å². The smallest absolute Gasteiger partial charge is 0.227 e. The van der Waals surface area contributed by atoms with Crippen LogP contribution in [0.4, 0.5) is 0 Å². The summed E-state index contributed by atoms with van der Waals surface area (Å²) in [6.45, 7) is 0. The van der Waals surface area contributed by atoms with Crippen molar-refractivity contribution in [3.63, 3.8) is 0 Å². The van der Waals surface area contributed by atoms with Crippen LogP contribution >= 0.6 is 97.5 Å². The van der Waals surface area contributed by atoms with Crippen LogP contribution in [0.15, 0.2) is 183 Å². The van der Waals surface area contributed by atoms with E-state index in [1.165, 1.54) is 0 Å². The van der Waals surface area contributed by atoms with Gasteiger partial charge >= 0.3 is 205 Å². The van der Waals surface area contributed by atoms with Crippen molar-refractivity contribution < 1.29 is 27.2 Å². The maximum atomic E-state index is 5.73. The first-order valence-electron chi connectivity index (χ1n) is 17.3. The van der Waals surface area contributed by atoms with Gasteiger partial charge in [0.2, 0.25) is 6.33 Å². The summed E-state index contributed by atoms with van der Waals surface area (Å²) in [5.74, 6) is 1.36. The number of imidazole rings is 2. The molecule has 0 atom stereocenters. The monoisotopic (exact) mass is 972 g/mol. The molecule has 8 aromatic rings. The Morgan fingerprint density at radius 2 is 0.603 bits per heavy atom. The van der Waals surface area contributed by atoms with Gasteiger partial charge < -0.3 is 0 Å². The summed E-state index contributed by atoms with van der Waals surface area (Å²) >= 11 is 45.9. The molecule has 0 aliphatic carbocycles. The number of halogens is 8. The average Bonchev–Trinajstić information content (AvgIpc) is 3.89. The Morgan fingerprint density at radius 1 is 0.345 bits per heavy atom.